The summed E-state index contributed by atoms with van der Waals surface area (Å²) in [5.41, 5.74) is -0.272. The molecule has 5 heteroatoms. The molecule has 0 aliphatic rings. The van der Waals surface area contributed by atoms with Crippen LogP contribution in [-0.4, -0.2) is 17.3 Å². The zero-order chi connectivity index (χ0) is 12.3. The molecule has 1 N–H and O–H groups in total. The Morgan fingerprint density at radius 2 is 2.12 bits per heavy atom. The molecule has 0 saturated heterocycles. The van der Waals surface area contributed by atoms with E-state index in [0.29, 0.717) is 5.33 Å². The first-order chi connectivity index (χ1) is 7.47. The highest BCUT2D eigenvalue weighted by Gasteiger charge is 2.19. The van der Waals surface area contributed by atoms with Crippen molar-refractivity contribution in [2.75, 3.05) is 5.33 Å². The van der Waals surface area contributed by atoms with Crippen LogP contribution < -0.4 is 5.32 Å². The van der Waals surface area contributed by atoms with Crippen LogP contribution in [0.25, 0.3) is 0 Å². The van der Waals surface area contributed by atoms with E-state index < -0.39 is 23.1 Å². The summed E-state index contributed by atoms with van der Waals surface area (Å²) < 4.78 is 26.9. The number of carbonyl (C=O) groups is 1. The number of carbonyl (C=O) groups excluding carboxylic acids is 1. The van der Waals surface area contributed by atoms with Crippen LogP contribution in [0.5, 0.6) is 0 Å². The van der Waals surface area contributed by atoms with Crippen molar-refractivity contribution < 1.29 is 13.6 Å². The lowest BCUT2D eigenvalue weighted by atomic mass is 10.1. The van der Waals surface area contributed by atoms with E-state index in [0.717, 1.165) is 6.07 Å². The van der Waals surface area contributed by atoms with E-state index in [1.165, 1.54) is 13.0 Å². The number of hydrogen-bond donors (Lipinski definition) is 1. The van der Waals surface area contributed by atoms with E-state index in [9.17, 15) is 13.6 Å². The lowest BCUT2D eigenvalue weighted by Crippen LogP contribution is -2.34. The molecule has 0 bridgehead atoms. The number of hydrogen-bond acceptors (Lipinski definition) is 1. The monoisotopic (exact) mass is 291 g/mol. The summed E-state index contributed by atoms with van der Waals surface area (Å²) in [5, 5.41) is 3.01. The predicted molar refractivity (Wildman–Crippen MR) is 61.8 cm³/mol. The van der Waals surface area contributed by atoms with Gasteiger partial charge in [-0.2, -0.15) is 0 Å². The molecular weight excluding hydrogens is 280 g/mol. The van der Waals surface area contributed by atoms with E-state index in [-0.39, 0.29) is 11.6 Å². The highest BCUT2D eigenvalue weighted by atomic mass is 79.9. The third kappa shape index (κ3) is 2.78. The number of nitrogens with one attached hydrogen (secondary N) is 1. The van der Waals surface area contributed by atoms with E-state index in [4.69, 9.17) is 0 Å². The third-order valence-corrected chi connectivity index (χ3v) is 3.09. The second-order valence-electron chi connectivity index (χ2n) is 3.58. The van der Waals surface area contributed by atoms with Crippen LogP contribution in [0.15, 0.2) is 12.1 Å². The fourth-order valence-electron chi connectivity index (χ4n) is 1.20. The van der Waals surface area contributed by atoms with Gasteiger partial charge in [0.15, 0.2) is 0 Å². The third-order valence-electron chi connectivity index (χ3n) is 2.12. The molecule has 0 spiro atoms. The first kappa shape index (κ1) is 13.1. The summed E-state index contributed by atoms with van der Waals surface area (Å²) in [6, 6.07) is 2.20. The molecule has 0 aromatic heterocycles. The standard InChI is InChI=1S/C11H12BrF2NO/c1-6-3-4-8(13)9(10(6)14)11(16)15-7(2)5-12/h3-4,7H,5H2,1-2H3,(H,15,16). The Hall–Kier alpha value is -0.970. The van der Waals surface area contributed by atoms with E-state index in [1.807, 2.05) is 0 Å². The van der Waals surface area contributed by atoms with Crippen molar-refractivity contribution in [2.45, 2.75) is 19.9 Å². The van der Waals surface area contributed by atoms with Crippen LogP contribution in [0, 0.1) is 18.6 Å². The van der Waals surface area contributed by atoms with Crippen LogP contribution in [0.3, 0.4) is 0 Å². The highest BCUT2D eigenvalue weighted by molar-refractivity contribution is 9.09. The molecule has 0 fully saturated rings. The summed E-state index contributed by atoms with van der Waals surface area (Å²) in [4.78, 5) is 11.6. The molecule has 0 aliphatic carbocycles. The van der Waals surface area contributed by atoms with Gasteiger partial charge >= 0.3 is 0 Å². The van der Waals surface area contributed by atoms with Crippen molar-refractivity contribution in [1.82, 2.24) is 5.32 Å². The van der Waals surface area contributed by atoms with E-state index >= 15 is 0 Å². The molecule has 1 aromatic carbocycles. The average molecular weight is 292 g/mol. The smallest absolute Gasteiger partial charge is 0.257 e. The van der Waals surface area contributed by atoms with E-state index in [2.05, 4.69) is 21.2 Å². The van der Waals surface area contributed by atoms with Crippen molar-refractivity contribution >= 4 is 21.8 Å². The number of aryl methyl sites for hydroxylation is 1. The van der Waals surface area contributed by atoms with Gasteiger partial charge < -0.3 is 5.32 Å². The first-order valence-electron chi connectivity index (χ1n) is 4.78. The van der Waals surface area contributed by atoms with Gasteiger partial charge in [0.1, 0.15) is 17.2 Å². The SMILES string of the molecule is Cc1ccc(F)c(C(=O)NC(C)CBr)c1F. The van der Waals surface area contributed by atoms with Gasteiger partial charge in [0.2, 0.25) is 0 Å². The fourth-order valence-corrected chi connectivity index (χ4v) is 1.36. The van der Waals surface area contributed by atoms with Gasteiger partial charge in [-0.25, -0.2) is 8.78 Å². The minimum Gasteiger partial charge on any atom is -0.349 e. The van der Waals surface area contributed by atoms with Crippen molar-refractivity contribution in [3.8, 4) is 0 Å². The Bertz CT molecular complexity index is 409. The number of halogens is 3. The summed E-state index contributed by atoms with van der Waals surface area (Å²) in [6.45, 7) is 3.22. The van der Waals surface area contributed by atoms with Crippen molar-refractivity contribution in [3.05, 3.63) is 34.9 Å². The number of rotatable bonds is 3. The van der Waals surface area contributed by atoms with Crippen molar-refractivity contribution in [1.29, 1.82) is 0 Å². The van der Waals surface area contributed by atoms with E-state index in [1.54, 1.807) is 6.92 Å². The van der Waals surface area contributed by atoms with Crippen LogP contribution >= 0.6 is 15.9 Å². The molecule has 0 aliphatic heterocycles. The number of alkyl halides is 1. The molecule has 1 unspecified atom stereocenters. The van der Waals surface area contributed by atoms with Crippen LogP contribution in [0.2, 0.25) is 0 Å². The Morgan fingerprint density at radius 1 is 1.50 bits per heavy atom. The van der Waals surface area contributed by atoms with Gasteiger partial charge in [0.05, 0.1) is 0 Å². The quantitative estimate of drug-likeness (QED) is 0.853. The van der Waals surface area contributed by atoms with Crippen LogP contribution in [0.4, 0.5) is 8.78 Å². The summed E-state index contributed by atoms with van der Waals surface area (Å²) in [6.07, 6.45) is 0. The second kappa shape index (κ2) is 5.39. The first-order valence-corrected chi connectivity index (χ1v) is 5.91. The maximum absolute atomic E-state index is 13.6. The second-order valence-corrected chi connectivity index (χ2v) is 4.23. The normalized spacial score (nSPS) is 12.3. The predicted octanol–water partition coefficient (Wildman–Crippen LogP) is 2.79. The van der Waals surface area contributed by atoms with Gasteiger partial charge in [-0.1, -0.05) is 22.0 Å². The summed E-state index contributed by atoms with van der Waals surface area (Å²) in [7, 11) is 0. The van der Waals surface area contributed by atoms with Gasteiger partial charge in [-0.05, 0) is 25.5 Å². The molecule has 0 heterocycles. The Morgan fingerprint density at radius 3 is 2.69 bits per heavy atom. The number of benzene rings is 1. The maximum atomic E-state index is 13.6. The fraction of sp³-hybridized carbons (Fsp3) is 0.364. The Kier molecular flexibility index (Phi) is 4.41. The largest absolute Gasteiger partial charge is 0.349 e. The van der Waals surface area contributed by atoms with Gasteiger partial charge in [0.25, 0.3) is 5.91 Å². The van der Waals surface area contributed by atoms with Crippen molar-refractivity contribution in [2.24, 2.45) is 0 Å². The molecular formula is C11H12BrF2NO. The summed E-state index contributed by atoms with van der Waals surface area (Å²) >= 11 is 3.17. The van der Waals surface area contributed by atoms with Gasteiger partial charge in [-0.15, -0.1) is 0 Å². The molecule has 0 saturated carbocycles. The lowest BCUT2D eigenvalue weighted by Gasteiger charge is -2.12. The lowest BCUT2D eigenvalue weighted by molar-refractivity contribution is 0.0935. The zero-order valence-electron chi connectivity index (χ0n) is 8.98. The highest BCUT2D eigenvalue weighted by Crippen LogP contribution is 2.16. The van der Waals surface area contributed by atoms with Crippen LogP contribution in [0.1, 0.15) is 22.8 Å². The van der Waals surface area contributed by atoms with Gasteiger partial charge in [0, 0.05) is 11.4 Å². The average Bonchev–Trinajstić information content (AvgIpc) is 2.24. The topological polar surface area (TPSA) is 29.1 Å². The molecule has 2 nitrogen and oxygen atoms in total. The Labute approximate surface area is 101 Å². The number of amides is 1. The molecule has 0 radical (unpaired) electrons. The molecule has 1 amide bonds. The Balaban J connectivity index is 3.03. The van der Waals surface area contributed by atoms with Gasteiger partial charge in [-0.3, -0.25) is 4.79 Å². The van der Waals surface area contributed by atoms with Crippen molar-refractivity contribution in [3.63, 3.8) is 0 Å². The zero-order valence-corrected chi connectivity index (χ0v) is 10.6. The molecule has 1 atom stereocenters. The molecule has 1 rings (SSSR count). The molecule has 88 valence electrons. The van der Waals surface area contributed by atoms with Crippen LogP contribution in [-0.2, 0) is 0 Å². The minimum atomic E-state index is -0.845. The minimum absolute atomic E-state index is 0.188. The molecule has 1 aromatic rings. The molecule has 16 heavy (non-hydrogen) atoms. The summed E-state index contributed by atoms with van der Waals surface area (Å²) in [5.74, 6) is -2.38. The maximum Gasteiger partial charge on any atom is 0.257 e.